The largest absolute Gasteiger partial charge is 0.479 e. The zero-order valence-corrected chi connectivity index (χ0v) is 19.3. The van der Waals surface area contributed by atoms with E-state index in [1.165, 1.54) is 4.90 Å². The van der Waals surface area contributed by atoms with Crippen molar-refractivity contribution in [3.05, 3.63) is 59.7 Å². The Balaban J connectivity index is 1.29. The normalized spacial score (nSPS) is 21.0. The Bertz CT molecular complexity index is 1080. The number of rotatable bonds is 5. The first-order chi connectivity index (χ1) is 17.0. The van der Waals surface area contributed by atoms with Crippen molar-refractivity contribution in [2.45, 2.75) is 30.4 Å². The summed E-state index contributed by atoms with van der Waals surface area (Å²) in [4.78, 5) is 39.3. The van der Waals surface area contributed by atoms with Crippen LogP contribution >= 0.6 is 0 Å². The molecule has 2 aromatic rings. The Hall–Kier alpha value is -3.43. The molecule has 0 radical (unpaired) electrons. The summed E-state index contributed by atoms with van der Waals surface area (Å²) in [5.74, 6) is -1.54. The first kappa shape index (κ1) is 23.3. The molecule has 1 aliphatic carbocycles. The number of carboxylic acids is 1. The minimum absolute atomic E-state index is 0.0663. The molecule has 2 saturated heterocycles. The summed E-state index contributed by atoms with van der Waals surface area (Å²) in [6, 6.07) is 16.1. The van der Waals surface area contributed by atoms with E-state index < -0.39 is 23.7 Å². The second kappa shape index (κ2) is 9.67. The number of carbonyl (C=O) groups is 3. The van der Waals surface area contributed by atoms with Crippen LogP contribution in [0.2, 0.25) is 0 Å². The maximum atomic E-state index is 13.5. The Morgan fingerprint density at radius 3 is 2.26 bits per heavy atom. The van der Waals surface area contributed by atoms with Crippen molar-refractivity contribution in [3.8, 4) is 11.1 Å². The van der Waals surface area contributed by atoms with Gasteiger partial charge in [0, 0.05) is 38.5 Å². The molecule has 0 bridgehead atoms. The standard InChI is InChI=1S/C26H28N2O7/c29-23(30)22-15-28(11-14-34-22)24(31)26(9-12-33-13-10-26)27-25(32)35-16-21-19-7-3-1-5-17(19)18-6-2-4-8-20(18)21/h1-8,21-22H,9-16H2,(H,27,32)(H,29,30). The number of fused-ring (bicyclic) bond motifs is 3. The molecule has 184 valence electrons. The molecule has 1 atom stereocenters. The smallest absolute Gasteiger partial charge is 0.408 e. The van der Waals surface area contributed by atoms with Crippen LogP contribution in [0.3, 0.4) is 0 Å². The number of carbonyl (C=O) groups excluding carboxylic acids is 2. The number of ether oxygens (including phenoxy) is 3. The molecule has 2 fully saturated rings. The fourth-order valence-electron chi connectivity index (χ4n) is 5.23. The summed E-state index contributed by atoms with van der Waals surface area (Å²) in [6.07, 6.45) is -1.19. The Morgan fingerprint density at radius 2 is 1.63 bits per heavy atom. The molecule has 9 heteroatoms. The van der Waals surface area contributed by atoms with Crippen LogP contribution in [0.5, 0.6) is 0 Å². The number of morpholine rings is 1. The maximum absolute atomic E-state index is 13.5. The number of hydrogen-bond donors (Lipinski definition) is 2. The van der Waals surface area contributed by atoms with Crippen LogP contribution in [0.4, 0.5) is 4.79 Å². The van der Waals surface area contributed by atoms with E-state index in [2.05, 4.69) is 17.4 Å². The first-order valence-electron chi connectivity index (χ1n) is 11.8. The van der Waals surface area contributed by atoms with Crippen molar-refractivity contribution in [1.82, 2.24) is 10.2 Å². The number of nitrogens with zero attached hydrogens (tertiary/aromatic N) is 1. The summed E-state index contributed by atoms with van der Waals surface area (Å²) < 4.78 is 16.4. The third kappa shape index (κ3) is 4.49. The second-order valence-corrected chi connectivity index (χ2v) is 9.09. The number of amides is 2. The van der Waals surface area contributed by atoms with Crippen LogP contribution < -0.4 is 5.32 Å². The van der Waals surface area contributed by atoms with E-state index in [-0.39, 0.29) is 51.0 Å². The Labute approximate surface area is 203 Å². The van der Waals surface area contributed by atoms with Gasteiger partial charge in [-0.15, -0.1) is 0 Å². The molecule has 9 nitrogen and oxygen atoms in total. The monoisotopic (exact) mass is 480 g/mol. The van der Waals surface area contributed by atoms with E-state index in [4.69, 9.17) is 14.2 Å². The SMILES string of the molecule is O=C(NC1(C(=O)N2CCOC(C(=O)O)C2)CCOCC1)OCC1c2ccccc2-c2ccccc21. The molecule has 0 spiro atoms. The van der Waals surface area contributed by atoms with Crippen molar-refractivity contribution in [1.29, 1.82) is 0 Å². The molecular formula is C26H28N2O7. The van der Waals surface area contributed by atoms with Crippen LogP contribution in [0, 0.1) is 0 Å². The lowest BCUT2D eigenvalue weighted by Crippen LogP contribution is -2.64. The van der Waals surface area contributed by atoms with Gasteiger partial charge in [0.15, 0.2) is 6.10 Å². The number of hydrogen-bond acceptors (Lipinski definition) is 6. The van der Waals surface area contributed by atoms with Crippen LogP contribution in [0.25, 0.3) is 11.1 Å². The van der Waals surface area contributed by atoms with Gasteiger partial charge in [0.2, 0.25) is 5.91 Å². The maximum Gasteiger partial charge on any atom is 0.408 e. The molecule has 0 saturated carbocycles. The molecule has 1 unspecified atom stereocenters. The highest BCUT2D eigenvalue weighted by molar-refractivity contribution is 5.91. The van der Waals surface area contributed by atoms with E-state index in [0.29, 0.717) is 13.2 Å². The Morgan fingerprint density at radius 1 is 1.00 bits per heavy atom. The van der Waals surface area contributed by atoms with E-state index in [1.54, 1.807) is 0 Å². The third-order valence-electron chi connectivity index (χ3n) is 7.07. The van der Waals surface area contributed by atoms with Crippen molar-refractivity contribution in [2.24, 2.45) is 0 Å². The average molecular weight is 481 g/mol. The van der Waals surface area contributed by atoms with Gasteiger partial charge >= 0.3 is 12.1 Å². The van der Waals surface area contributed by atoms with E-state index in [0.717, 1.165) is 22.3 Å². The molecule has 2 aromatic carbocycles. The topological polar surface area (TPSA) is 114 Å². The average Bonchev–Trinajstić information content (AvgIpc) is 3.21. The molecule has 2 N–H and O–H groups in total. The lowest BCUT2D eigenvalue weighted by molar-refractivity contribution is -0.162. The predicted molar refractivity (Wildman–Crippen MR) is 125 cm³/mol. The number of carboxylic acid groups (broad SMARTS) is 1. The minimum Gasteiger partial charge on any atom is -0.479 e. The van der Waals surface area contributed by atoms with Crippen molar-refractivity contribution >= 4 is 18.0 Å². The van der Waals surface area contributed by atoms with Crippen LogP contribution in [0.15, 0.2) is 48.5 Å². The molecule has 3 aliphatic rings. The van der Waals surface area contributed by atoms with Gasteiger partial charge in [0.25, 0.3) is 0 Å². The van der Waals surface area contributed by atoms with Gasteiger partial charge in [-0.05, 0) is 22.3 Å². The predicted octanol–water partition coefficient (Wildman–Crippen LogP) is 2.39. The lowest BCUT2D eigenvalue weighted by atomic mass is 9.88. The van der Waals surface area contributed by atoms with E-state index in [1.807, 2.05) is 36.4 Å². The zero-order chi connectivity index (χ0) is 24.4. The fraction of sp³-hybridized carbons (Fsp3) is 0.423. The first-order valence-corrected chi connectivity index (χ1v) is 11.8. The summed E-state index contributed by atoms with van der Waals surface area (Å²) in [5.41, 5.74) is 3.26. The minimum atomic E-state index is -1.21. The quantitative estimate of drug-likeness (QED) is 0.675. The molecular weight excluding hydrogens is 452 g/mol. The fourth-order valence-corrected chi connectivity index (χ4v) is 5.23. The van der Waals surface area contributed by atoms with E-state index in [9.17, 15) is 19.5 Å². The third-order valence-corrected chi connectivity index (χ3v) is 7.07. The summed E-state index contributed by atoms with van der Waals surface area (Å²) in [6.45, 7) is 1.07. The van der Waals surface area contributed by atoms with E-state index >= 15 is 0 Å². The Kier molecular flexibility index (Phi) is 6.44. The molecule has 2 aliphatic heterocycles. The number of benzene rings is 2. The second-order valence-electron chi connectivity index (χ2n) is 9.09. The van der Waals surface area contributed by atoms with Gasteiger partial charge in [-0.3, -0.25) is 4.79 Å². The van der Waals surface area contributed by atoms with Crippen LogP contribution in [-0.2, 0) is 23.8 Å². The number of aliphatic carboxylic acids is 1. The van der Waals surface area contributed by atoms with Gasteiger partial charge in [-0.1, -0.05) is 48.5 Å². The highest BCUT2D eigenvalue weighted by Crippen LogP contribution is 2.44. The molecule has 0 aromatic heterocycles. The van der Waals surface area contributed by atoms with Crippen molar-refractivity contribution in [3.63, 3.8) is 0 Å². The highest BCUT2D eigenvalue weighted by Gasteiger charge is 2.46. The highest BCUT2D eigenvalue weighted by atomic mass is 16.5. The zero-order valence-electron chi connectivity index (χ0n) is 19.3. The lowest BCUT2D eigenvalue weighted by Gasteiger charge is -2.41. The molecule has 2 amide bonds. The van der Waals surface area contributed by atoms with Crippen LogP contribution in [-0.4, -0.2) is 79.1 Å². The summed E-state index contributed by atoms with van der Waals surface area (Å²) >= 11 is 0. The van der Waals surface area contributed by atoms with Crippen LogP contribution in [0.1, 0.15) is 29.9 Å². The van der Waals surface area contributed by atoms with Gasteiger partial charge < -0.3 is 29.5 Å². The van der Waals surface area contributed by atoms with Crippen molar-refractivity contribution < 1.29 is 33.7 Å². The van der Waals surface area contributed by atoms with Crippen molar-refractivity contribution in [2.75, 3.05) is 39.5 Å². The number of alkyl carbamates (subject to hydrolysis) is 1. The number of nitrogens with one attached hydrogen (secondary N) is 1. The van der Waals surface area contributed by atoms with Gasteiger partial charge in [-0.2, -0.15) is 0 Å². The van der Waals surface area contributed by atoms with Gasteiger partial charge in [0.05, 0.1) is 13.2 Å². The van der Waals surface area contributed by atoms with Gasteiger partial charge in [0.1, 0.15) is 12.1 Å². The molecule has 5 rings (SSSR count). The summed E-state index contributed by atoms with van der Waals surface area (Å²) in [5, 5.41) is 12.1. The van der Waals surface area contributed by atoms with Gasteiger partial charge in [-0.25, -0.2) is 9.59 Å². The molecule has 2 heterocycles. The summed E-state index contributed by atoms with van der Waals surface area (Å²) in [7, 11) is 0. The molecule has 35 heavy (non-hydrogen) atoms.